The molecular formula is C18H22N8. The third-order valence-corrected chi connectivity index (χ3v) is 4.31. The summed E-state index contributed by atoms with van der Waals surface area (Å²) in [5, 5.41) is 17.6. The highest BCUT2D eigenvalue weighted by Gasteiger charge is 2.26. The van der Waals surface area contributed by atoms with Crippen LogP contribution in [0.2, 0.25) is 0 Å². The lowest BCUT2D eigenvalue weighted by atomic mass is 9.96. The molecule has 8 nitrogen and oxygen atoms in total. The van der Waals surface area contributed by atoms with Gasteiger partial charge in [-0.15, -0.1) is 10.2 Å². The van der Waals surface area contributed by atoms with E-state index in [1.807, 2.05) is 29.1 Å². The number of aromatic nitrogens is 8. The molecule has 0 N–H and O–H groups in total. The zero-order valence-corrected chi connectivity index (χ0v) is 15.7. The third-order valence-electron chi connectivity index (χ3n) is 4.31. The van der Waals surface area contributed by atoms with Crippen LogP contribution in [0.25, 0.3) is 22.3 Å². The highest BCUT2D eigenvalue weighted by atomic mass is 15.5. The van der Waals surface area contributed by atoms with Gasteiger partial charge in [0, 0.05) is 12.4 Å². The summed E-state index contributed by atoms with van der Waals surface area (Å²) >= 11 is 0. The first-order chi connectivity index (χ1) is 12.2. The Morgan fingerprint density at radius 1 is 1.00 bits per heavy atom. The van der Waals surface area contributed by atoms with Crippen LogP contribution >= 0.6 is 0 Å². The van der Waals surface area contributed by atoms with E-state index >= 15 is 0 Å². The smallest absolute Gasteiger partial charge is 0.201 e. The van der Waals surface area contributed by atoms with E-state index in [4.69, 9.17) is 0 Å². The van der Waals surface area contributed by atoms with E-state index in [9.17, 15) is 0 Å². The summed E-state index contributed by atoms with van der Waals surface area (Å²) in [6, 6.07) is 5.83. The lowest BCUT2D eigenvalue weighted by Crippen LogP contribution is -2.30. The van der Waals surface area contributed by atoms with Gasteiger partial charge < -0.3 is 0 Å². The monoisotopic (exact) mass is 350 g/mol. The Morgan fingerprint density at radius 3 is 2.58 bits per heavy atom. The van der Waals surface area contributed by atoms with Gasteiger partial charge in [-0.2, -0.15) is 9.90 Å². The third kappa shape index (κ3) is 2.81. The molecule has 0 aromatic carbocycles. The van der Waals surface area contributed by atoms with Gasteiger partial charge in [-0.05, 0) is 64.8 Å². The molecule has 26 heavy (non-hydrogen) atoms. The highest BCUT2D eigenvalue weighted by Crippen LogP contribution is 2.24. The van der Waals surface area contributed by atoms with Gasteiger partial charge >= 0.3 is 0 Å². The van der Waals surface area contributed by atoms with Crippen LogP contribution in [0.1, 0.15) is 40.2 Å². The lowest BCUT2D eigenvalue weighted by molar-refractivity contribution is 0.315. The summed E-state index contributed by atoms with van der Waals surface area (Å²) in [6.45, 7) is 10.4. The van der Waals surface area contributed by atoms with Crippen molar-refractivity contribution < 1.29 is 0 Å². The first-order valence-corrected chi connectivity index (χ1v) is 8.63. The SMILES string of the molecule is CC(C)(C)n1nc2cc(CC(C)(C)n3nnc4cccnc43)cnc2n1. The summed E-state index contributed by atoms with van der Waals surface area (Å²) < 4.78 is 1.87. The van der Waals surface area contributed by atoms with Gasteiger partial charge in [-0.3, -0.25) is 0 Å². The van der Waals surface area contributed by atoms with Gasteiger partial charge in [-0.1, -0.05) is 5.21 Å². The molecule has 0 aliphatic heterocycles. The van der Waals surface area contributed by atoms with Crippen LogP contribution in [0, 0.1) is 0 Å². The Kier molecular flexibility index (Phi) is 3.54. The first-order valence-electron chi connectivity index (χ1n) is 8.63. The predicted octanol–water partition coefficient (Wildman–Crippen LogP) is 2.70. The molecule has 4 rings (SSSR count). The van der Waals surface area contributed by atoms with Crippen LogP contribution in [0.3, 0.4) is 0 Å². The van der Waals surface area contributed by atoms with Crippen molar-refractivity contribution in [3.8, 4) is 0 Å². The van der Waals surface area contributed by atoms with Crippen molar-refractivity contribution in [2.75, 3.05) is 0 Å². The quantitative estimate of drug-likeness (QED) is 0.564. The van der Waals surface area contributed by atoms with E-state index in [0.29, 0.717) is 5.65 Å². The van der Waals surface area contributed by atoms with Crippen molar-refractivity contribution >= 4 is 22.3 Å². The maximum absolute atomic E-state index is 4.58. The Balaban J connectivity index is 1.69. The molecular weight excluding hydrogens is 328 g/mol. The average molecular weight is 350 g/mol. The summed E-state index contributed by atoms with van der Waals surface area (Å²) in [5.74, 6) is 0. The molecule has 8 heteroatoms. The van der Waals surface area contributed by atoms with Crippen LogP contribution in [0.15, 0.2) is 30.6 Å². The first kappa shape index (κ1) is 16.6. The molecule has 4 heterocycles. The second-order valence-electron chi connectivity index (χ2n) is 8.18. The van der Waals surface area contributed by atoms with Crippen LogP contribution in [-0.4, -0.2) is 40.0 Å². The lowest BCUT2D eigenvalue weighted by Gasteiger charge is -2.24. The van der Waals surface area contributed by atoms with E-state index in [-0.39, 0.29) is 11.1 Å². The van der Waals surface area contributed by atoms with Crippen molar-refractivity contribution in [1.82, 2.24) is 40.0 Å². The van der Waals surface area contributed by atoms with Crippen molar-refractivity contribution in [3.05, 3.63) is 36.2 Å². The highest BCUT2D eigenvalue weighted by molar-refractivity contribution is 5.70. The van der Waals surface area contributed by atoms with E-state index < -0.39 is 0 Å². The minimum Gasteiger partial charge on any atom is -0.235 e. The molecule has 0 amide bonds. The summed E-state index contributed by atoms with van der Waals surface area (Å²) in [5.41, 5.74) is 3.63. The largest absolute Gasteiger partial charge is 0.235 e. The molecule has 0 unspecified atom stereocenters. The van der Waals surface area contributed by atoms with Gasteiger partial charge in [0.05, 0.1) is 11.1 Å². The van der Waals surface area contributed by atoms with Crippen LogP contribution in [0.5, 0.6) is 0 Å². The summed E-state index contributed by atoms with van der Waals surface area (Å²) in [7, 11) is 0. The molecule has 0 bridgehead atoms. The molecule has 0 saturated carbocycles. The molecule has 0 aliphatic rings. The predicted molar refractivity (Wildman–Crippen MR) is 98.7 cm³/mol. The number of hydrogen-bond donors (Lipinski definition) is 0. The van der Waals surface area contributed by atoms with Gasteiger partial charge in [0.15, 0.2) is 5.65 Å². The van der Waals surface area contributed by atoms with Gasteiger partial charge in [-0.25, -0.2) is 14.6 Å². The minimum atomic E-state index is -0.307. The van der Waals surface area contributed by atoms with Crippen molar-refractivity contribution in [3.63, 3.8) is 0 Å². The van der Waals surface area contributed by atoms with Crippen LogP contribution in [-0.2, 0) is 17.5 Å². The molecule has 0 aliphatic carbocycles. The zero-order valence-electron chi connectivity index (χ0n) is 15.7. The second kappa shape index (κ2) is 5.55. The molecule has 0 saturated heterocycles. The molecule has 0 radical (unpaired) electrons. The van der Waals surface area contributed by atoms with Gasteiger partial charge in [0.2, 0.25) is 5.65 Å². The second-order valence-corrected chi connectivity index (χ2v) is 8.18. The fourth-order valence-electron chi connectivity index (χ4n) is 3.00. The van der Waals surface area contributed by atoms with E-state index in [1.165, 1.54) is 0 Å². The average Bonchev–Trinajstić information content (AvgIpc) is 3.18. The summed E-state index contributed by atoms with van der Waals surface area (Å²) in [6.07, 6.45) is 4.35. The van der Waals surface area contributed by atoms with Crippen molar-refractivity contribution in [2.24, 2.45) is 0 Å². The van der Waals surface area contributed by atoms with Crippen LogP contribution in [0.4, 0.5) is 0 Å². The Bertz CT molecular complexity index is 1080. The van der Waals surface area contributed by atoms with Crippen LogP contribution < -0.4 is 0 Å². The van der Waals surface area contributed by atoms with E-state index in [0.717, 1.165) is 28.7 Å². The molecule has 0 atom stereocenters. The number of pyridine rings is 2. The topological polar surface area (TPSA) is 87.2 Å². The number of nitrogens with zero attached hydrogens (tertiary/aromatic N) is 8. The fraction of sp³-hybridized carbons (Fsp3) is 0.444. The maximum Gasteiger partial charge on any atom is 0.201 e. The maximum atomic E-state index is 4.58. The number of hydrogen-bond acceptors (Lipinski definition) is 6. The van der Waals surface area contributed by atoms with Gasteiger partial charge in [0.1, 0.15) is 11.0 Å². The number of fused-ring (bicyclic) bond motifs is 2. The molecule has 0 fully saturated rings. The number of rotatable bonds is 3. The standard InChI is InChI=1S/C18H22N8/c1-17(2,3)26-22-14-9-12(11-20-15(14)23-26)10-18(4,5)25-16-13(21-24-25)7-6-8-19-16/h6-9,11H,10H2,1-5H3. The van der Waals surface area contributed by atoms with Gasteiger partial charge in [0.25, 0.3) is 0 Å². The zero-order chi connectivity index (χ0) is 18.5. The van der Waals surface area contributed by atoms with Crippen molar-refractivity contribution in [1.29, 1.82) is 0 Å². The molecule has 4 aromatic heterocycles. The van der Waals surface area contributed by atoms with E-state index in [2.05, 4.69) is 65.1 Å². The Hall–Kier alpha value is -2.90. The molecule has 0 spiro atoms. The normalized spacial score (nSPS) is 13.0. The van der Waals surface area contributed by atoms with Crippen molar-refractivity contribution in [2.45, 2.75) is 52.1 Å². The molecule has 134 valence electrons. The Labute approximate surface area is 151 Å². The minimum absolute atomic E-state index is 0.175. The fourth-order valence-corrected chi connectivity index (χ4v) is 3.00. The summed E-state index contributed by atoms with van der Waals surface area (Å²) in [4.78, 5) is 10.6. The van der Waals surface area contributed by atoms with E-state index in [1.54, 1.807) is 11.0 Å². The Morgan fingerprint density at radius 2 is 1.81 bits per heavy atom. The molecule has 4 aromatic rings.